The predicted molar refractivity (Wildman–Crippen MR) is 109 cm³/mol. The first-order chi connectivity index (χ1) is 14.3. The Morgan fingerprint density at radius 3 is 2.69 bits per heavy atom. The van der Waals surface area contributed by atoms with E-state index in [0.717, 1.165) is 28.2 Å². The van der Waals surface area contributed by atoms with Gasteiger partial charge in [0.1, 0.15) is 11.8 Å². The smallest absolute Gasteiger partial charge is 0.270 e. The fourth-order valence-corrected chi connectivity index (χ4v) is 3.79. The molecule has 0 saturated carbocycles. The SMILES string of the molecule is O=C1NCCn2c(COC3COC3)c(-c3ccncc3)c(Nc3ccccc3)c21. The second-order valence-electron chi connectivity index (χ2n) is 7.15. The minimum absolute atomic E-state index is 0.0804. The Morgan fingerprint density at radius 1 is 1.17 bits per heavy atom. The van der Waals surface area contributed by atoms with Gasteiger partial charge in [0, 0.05) is 36.7 Å². The number of rotatable bonds is 6. The van der Waals surface area contributed by atoms with Crippen molar-refractivity contribution in [1.29, 1.82) is 0 Å². The molecule has 0 aliphatic carbocycles. The molecule has 2 aliphatic rings. The van der Waals surface area contributed by atoms with Gasteiger partial charge in [0.05, 0.1) is 31.2 Å². The molecule has 0 atom stereocenters. The molecule has 0 spiro atoms. The highest BCUT2D eigenvalue weighted by molar-refractivity contribution is 6.04. The number of para-hydroxylation sites is 1. The molecule has 1 aromatic carbocycles. The van der Waals surface area contributed by atoms with Crippen molar-refractivity contribution in [3.63, 3.8) is 0 Å². The van der Waals surface area contributed by atoms with Crippen LogP contribution in [0.2, 0.25) is 0 Å². The highest BCUT2D eigenvalue weighted by Gasteiger charge is 2.31. The molecule has 5 rings (SSSR count). The average Bonchev–Trinajstić information content (AvgIpc) is 3.03. The molecule has 0 bridgehead atoms. The number of hydrogen-bond donors (Lipinski definition) is 2. The van der Waals surface area contributed by atoms with Crippen LogP contribution in [0.4, 0.5) is 11.4 Å². The lowest BCUT2D eigenvalue weighted by Gasteiger charge is -2.27. The van der Waals surface area contributed by atoms with Crippen LogP contribution < -0.4 is 10.6 Å². The van der Waals surface area contributed by atoms with Gasteiger partial charge in [-0.2, -0.15) is 0 Å². The molecule has 2 aliphatic heterocycles. The first kappa shape index (κ1) is 17.9. The number of fused-ring (bicyclic) bond motifs is 1. The van der Waals surface area contributed by atoms with Gasteiger partial charge in [-0.3, -0.25) is 9.78 Å². The van der Waals surface area contributed by atoms with Crippen molar-refractivity contribution >= 4 is 17.3 Å². The number of benzene rings is 1. The Hall–Kier alpha value is -3.16. The molecular formula is C22H22N4O3. The van der Waals surface area contributed by atoms with Crippen LogP contribution in [0.1, 0.15) is 16.2 Å². The molecule has 2 aromatic heterocycles. The van der Waals surface area contributed by atoms with Gasteiger partial charge in [-0.15, -0.1) is 0 Å². The molecule has 3 aromatic rings. The van der Waals surface area contributed by atoms with Crippen LogP contribution in [0.5, 0.6) is 0 Å². The van der Waals surface area contributed by atoms with Crippen LogP contribution in [0.15, 0.2) is 54.9 Å². The zero-order chi connectivity index (χ0) is 19.6. The Kier molecular flexibility index (Phi) is 4.75. The van der Waals surface area contributed by atoms with Gasteiger partial charge in [0.15, 0.2) is 0 Å². The summed E-state index contributed by atoms with van der Waals surface area (Å²) in [4.78, 5) is 17.0. The Balaban J connectivity index is 1.66. The van der Waals surface area contributed by atoms with Crippen molar-refractivity contribution in [3.05, 3.63) is 66.2 Å². The van der Waals surface area contributed by atoms with E-state index < -0.39 is 0 Å². The number of nitrogens with zero attached hydrogens (tertiary/aromatic N) is 2. The molecule has 2 N–H and O–H groups in total. The number of nitrogens with one attached hydrogen (secondary N) is 2. The second kappa shape index (κ2) is 7.69. The van der Waals surface area contributed by atoms with Gasteiger partial charge in [0.2, 0.25) is 0 Å². The average molecular weight is 390 g/mol. The number of carbonyl (C=O) groups is 1. The molecular weight excluding hydrogens is 368 g/mol. The largest absolute Gasteiger partial charge is 0.376 e. The van der Waals surface area contributed by atoms with Crippen molar-refractivity contribution in [2.45, 2.75) is 19.3 Å². The second-order valence-corrected chi connectivity index (χ2v) is 7.15. The minimum Gasteiger partial charge on any atom is -0.376 e. The third-order valence-corrected chi connectivity index (χ3v) is 5.28. The Labute approximate surface area is 168 Å². The molecule has 7 nitrogen and oxygen atoms in total. The lowest BCUT2D eigenvalue weighted by Crippen LogP contribution is -2.37. The standard InChI is InChI=1S/C22H22N4O3/c27-22-21-20(25-16-4-2-1-3-5-16)19(15-6-8-23-9-7-15)18(26(21)11-10-24-22)14-29-17-12-28-13-17/h1-9,17,25H,10-14H2,(H,24,27). The maximum absolute atomic E-state index is 12.9. The maximum atomic E-state index is 12.9. The van der Waals surface area contributed by atoms with Crippen LogP contribution in [0.25, 0.3) is 11.1 Å². The molecule has 1 fully saturated rings. The third kappa shape index (κ3) is 3.39. The van der Waals surface area contributed by atoms with Crippen molar-refractivity contribution in [3.8, 4) is 11.1 Å². The number of hydrogen-bond acceptors (Lipinski definition) is 5. The lowest BCUT2D eigenvalue weighted by molar-refractivity contribution is -0.136. The van der Waals surface area contributed by atoms with E-state index in [1.807, 2.05) is 42.5 Å². The number of pyridine rings is 1. The van der Waals surface area contributed by atoms with Crippen LogP contribution in [-0.2, 0) is 22.6 Å². The van der Waals surface area contributed by atoms with E-state index in [2.05, 4.69) is 20.2 Å². The molecule has 1 saturated heterocycles. The van der Waals surface area contributed by atoms with Gasteiger partial charge in [0.25, 0.3) is 5.91 Å². The maximum Gasteiger partial charge on any atom is 0.270 e. The summed E-state index contributed by atoms with van der Waals surface area (Å²) in [6, 6.07) is 13.8. The number of anilines is 2. The molecule has 1 amide bonds. The molecule has 4 heterocycles. The zero-order valence-corrected chi connectivity index (χ0v) is 15.9. The highest BCUT2D eigenvalue weighted by atomic mass is 16.6. The minimum atomic E-state index is -0.0804. The van der Waals surface area contributed by atoms with Crippen LogP contribution in [0, 0.1) is 0 Å². The monoisotopic (exact) mass is 390 g/mol. The fraction of sp³-hybridized carbons (Fsp3) is 0.273. The third-order valence-electron chi connectivity index (χ3n) is 5.28. The number of carbonyl (C=O) groups excluding carboxylic acids is 1. The number of amides is 1. The van der Waals surface area contributed by atoms with E-state index in [4.69, 9.17) is 9.47 Å². The van der Waals surface area contributed by atoms with Gasteiger partial charge in [-0.1, -0.05) is 18.2 Å². The molecule has 29 heavy (non-hydrogen) atoms. The van der Waals surface area contributed by atoms with Gasteiger partial charge in [-0.25, -0.2) is 0 Å². The molecule has 148 valence electrons. The van der Waals surface area contributed by atoms with Crippen LogP contribution in [0.3, 0.4) is 0 Å². The molecule has 0 unspecified atom stereocenters. The van der Waals surface area contributed by atoms with E-state index in [1.165, 1.54) is 0 Å². The first-order valence-corrected chi connectivity index (χ1v) is 9.76. The number of ether oxygens (including phenoxy) is 2. The number of aromatic nitrogens is 2. The summed E-state index contributed by atoms with van der Waals surface area (Å²) in [6.07, 6.45) is 3.64. The summed E-state index contributed by atoms with van der Waals surface area (Å²) in [5, 5.41) is 6.45. The molecule has 7 heteroatoms. The van der Waals surface area contributed by atoms with Crippen molar-refractivity contribution in [1.82, 2.24) is 14.9 Å². The lowest BCUT2D eigenvalue weighted by atomic mass is 10.0. The first-order valence-electron chi connectivity index (χ1n) is 9.76. The Morgan fingerprint density at radius 2 is 1.97 bits per heavy atom. The van der Waals surface area contributed by atoms with Gasteiger partial charge >= 0.3 is 0 Å². The molecule has 0 radical (unpaired) electrons. The van der Waals surface area contributed by atoms with E-state index in [1.54, 1.807) is 12.4 Å². The zero-order valence-electron chi connectivity index (χ0n) is 15.9. The summed E-state index contributed by atoms with van der Waals surface area (Å²) in [6.45, 7) is 2.96. The van der Waals surface area contributed by atoms with Crippen molar-refractivity contribution in [2.75, 3.05) is 25.1 Å². The van der Waals surface area contributed by atoms with E-state index in [9.17, 15) is 4.79 Å². The predicted octanol–water partition coefficient (Wildman–Crippen LogP) is 2.95. The Bertz CT molecular complexity index is 1010. The van der Waals surface area contributed by atoms with Gasteiger partial charge < -0.3 is 24.7 Å². The van der Waals surface area contributed by atoms with E-state index in [-0.39, 0.29) is 12.0 Å². The van der Waals surface area contributed by atoms with Crippen molar-refractivity contribution < 1.29 is 14.3 Å². The highest BCUT2D eigenvalue weighted by Crippen LogP contribution is 2.40. The van der Waals surface area contributed by atoms with E-state index >= 15 is 0 Å². The summed E-state index contributed by atoms with van der Waals surface area (Å²) >= 11 is 0. The quantitative estimate of drug-likeness (QED) is 0.677. The fourth-order valence-electron chi connectivity index (χ4n) is 3.79. The van der Waals surface area contributed by atoms with Crippen LogP contribution >= 0.6 is 0 Å². The van der Waals surface area contributed by atoms with Crippen LogP contribution in [-0.4, -0.2) is 41.3 Å². The van der Waals surface area contributed by atoms with Gasteiger partial charge in [-0.05, 0) is 29.8 Å². The summed E-state index contributed by atoms with van der Waals surface area (Å²) < 4.78 is 13.4. The summed E-state index contributed by atoms with van der Waals surface area (Å²) in [7, 11) is 0. The normalized spacial score (nSPS) is 16.1. The summed E-state index contributed by atoms with van der Waals surface area (Å²) in [5.41, 5.74) is 5.32. The van der Waals surface area contributed by atoms with E-state index in [0.29, 0.717) is 38.6 Å². The summed E-state index contributed by atoms with van der Waals surface area (Å²) in [5.74, 6) is -0.0804. The van der Waals surface area contributed by atoms with Crippen molar-refractivity contribution in [2.24, 2.45) is 0 Å². The topological polar surface area (TPSA) is 77.4 Å².